The SMILES string of the molecule is COc1ccc(CCc2nnc(CCC(=O)NCCOC(C)C)o2)cc1. The molecule has 0 saturated heterocycles. The number of methoxy groups -OCH3 is 1. The van der Waals surface area contributed by atoms with Crippen LogP contribution in [0.5, 0.6) is 5.75 Å². The average molecular weight is 361 g/mol. The second-order valence-corrected chi connectivity index (χ2v) is 6.21. The smallest absolute Gasteiger partial charge is 0.220 e. The highest BCUT2D eigenvalue weighted by Crippen LogP contribution is 2.13. The van der Waals surface area contributed by atoms with Gasteiger partial charge in [-0.25, -0.2) is 0 Å². The molecule has 0 bridgehead atoms. The minimum absolute atomic E-state index is 0.0460. The Bertz CT molecular complexity index is 668. The van der Waals surface area contributed by atoms with Crippen LogP contribution >= 0.6 is 0 Å². The predicted molar refractivity (Wildman–Crippen MR) is 97.1 cm³/mol. The van der Waals surface area contributed by atoms with Gasteiger partial charge in [-0.05, 0) is 38.0 Å². The fourth-order valence-electron chi connectivity index (χ4n) is 2.33. The monoisotopic (exact) mass is 361 g/mol. The zero-order valence-corrected chi connectivity index (χ0v) is 15.7. The van der Waals surface area contributed by atoms with Gasteiger partial charge >= 0.3 is 0 Å². The summed E-state index contributed by atoms with van der Waals surface area (Å²) in [6.45, 7) is 4.95. The molecule has 0 aliphatic rings. The van der Waals surface area contributed by atoms with Crippen molar-refractivity contribution >= 4 is 5.91 Å². The first kappa shape index (κ1) is 19.9. The van der Waals surface area contributed by atoms with Gasteiger partial charge in [0.05, 0.1) is 19.8 Å². The number of ether oxygens (including phenoxy) is 2. The molecule has 26 heavy (non-hydrogen) atoms. The lowest BCUT2D eigenvalue weighted by molar-refractivity contribution is -0.121. The van der Waals surface area contributed by atoms with Crippen LogP contribution in [0, 0.1) is 0 Å². The number of nitrogens with one attached hydrogen (secondary N) is 1. The van der Waals surface area contributed by atoms with Crippen LogP contribution in [0.3, 0.4) is 0 Å². The number of hydrogen-bond acceptors (Lipinski definition) is 6. The van der Waals surface area contributed by atoms with E-state index in [1.165, 1.54) is 5.56 Å². The van der Waals surface area contributed by atoms with Gasteiger partial charge < -0.3 is 19.2 Å². The number of aryl methyl sites for hydroxylation is 3. The number of benzene rings is 1. The summed E-state index contributed by atoms with van der Waals surface area (Å²) >= 11 is 0. The maximum atomic E-state index is 11.8. The number of amides is 1. The van der Waals surface area contributed by atoms with E-state index in [0.717, 1.165) is 12.2 Å². The molecule has 0 unspecified atom stereocenters. The minimum atomic E-state index is -0.0460. The van der Waals surface area contributed by atoms with Crippen molar-refractivity contribution in [1.29, 1.82) is 0 Å². The van der Waals surface area contributed by atoms with E-state index in [1.807, 2.05) is 38.1 Å². The van der Waals surface area contributed by atoms with Crippen molar-refractivity contribution in [1.82, 2.24) is 15.5 Å². The summed E-state index contributed by atoms with van der Waals surface area (Å²) in [5, 5.41) is 10.9. The lowest BCUT2D eigenvalue weighted by Gasteiger charge is -2.08. The van der Waals surface area contributed by atoms with Gasteiger partial charge in [-0.3, -0.25) is 4.79 Å². The van der Waals surface area contributed by atoms with E-state index in [4.69, 9.17) is 13.9 Å². The van der Waals surface area contributed by atoms with Crippen LogP contribution in [-0.4, -0.2) is 42.5 Å². The summed E-state index contributed by atoms with van der Waals surface area (Å²) < 4.78 is 16.1. The largest absolute Gasteiger partial charge is 0.497 e. The Labute approximate surface area is 154 Å². The molecular weight excluding hydrogens is 334 g/mol. The zero-order valence-electron chi connectivity index (χ0n) is 15.7. The first-order valence-corrected chi connectivity index (χ1v) is 8.89. The Kier molecular flexibility index (Phi) is 8.08. The summed E-state index contributed by atoms with van der Waals surface area (Å²) in [5.74, 6) is 1.86. The Morgan fingerprint density at radius 1 is 1.12 bits per heavy atom. The lowest BCUT2D eigenvalue weighted by atomic mass is 10.1. The normalized spacial score (nSPS) is 10.9. The molecule has 0 spiro atoms. The lowest BCUT2D eigenvalue weighted by Crippen LogP contribution is -2.28. The molecule has 0 aliphatic heterocycles. The van der Waals surface area contributed by atoms with Crippen molar-refractivity contribution in [2.75, 3.05) is 20.3 Å². The number of nitrogens with zero attached hydrogens (tertiary/aromatic N) is 2. The summed E-state index contributed by atoms with van der Waals surface area (Å²) in [5.41, 5.74) is 1.17. The van der Waals surface area contributed by atoms with E-state index in [0.29, 0.717) is 44.2 Å². The van der Waals surface area contributed by atoms with Gasteiger partial charge in [0.25, 0.3) is 0 Å². The second kappa shape index (κ2) is 10.6. The fraction of sp³-hybridized carbons (Fsp3) is 0.526. The average Bonchev–Trinajstić information content (AvgIpc) is 3.10. The highest BCUT2D eigenvalue weighted by molar-refractivity contribution is 5.75. The molecular formula is C19H27N3O4. The van der Waals surface area contributed by atoms with Crippen LogP contribution in [0.25, 0.3) is 0 Å². The zero-order chi connectivity index (χ0) is 18.8. The van der Waals surface area contributed by atoms with Crippen molar-refractivity contribution in [3.05, 3.63) is 41.6 Å². The van der Waals surface area contributed by atoms with Gasteiger partial charge in [0, 0.05) is 25.8 Å². The molecule has 7 heteroatoms. The quantitative estimate of drug-likeness (QED) is 0.618. The summed E-state index contributed by atoms with van der Waals surface area (Å²) in [6, 6.07) is 7.89. The minimum Gasteiger partial charge on any atom is -0.497 e. The van der Waals surface area contributed by atoms with Crippen LogP contribution in [0.15, 0.2) is 28.7 Å². The van der Waals surface area contributed by atoms with Crippen molar-refractivity contribution in [3.8, 4) is 5.75 Å². The number of rotatable bonds is 11. The topological polar surface area (TPSA) is 86.5 Å². The summed E-state index contributed by atoms with van der Waals surface area (Å²) in [6.07, 6.45) is 2.40. The highest BCUT2D eigenvalue weighted by atomic mass is 16.5. The maximum Gasteiger partial charge on any atom is 0.220 e. The van der Waals surface area contributed by atoms with Gasteiger partial charge in [0.2, 0.25) is 17.7 Å². The van der Waals surface area contributed by atoms with Crippen LogP contribution < -0.4 is 10.1 Å². The Balaban J connectivity index is 1.67. The van der Waals surface area contributed by atoms with Crippen molar-refractivity contribution in [3.63, 3.8) is 0 Å². The molecule has 1 N–H and O–H groups in total. The molecule has 0 atom stereocenters. The van der Waals surface area contributed by atoms with E-state index in [2.05, 4.69) is 15.5 Å². The molecule has 1 aromatic heterocycles. The van der Waals surface area contributed by atoms with Crippen LogP contribution in [-0.2, 0) is 28.8 Å². The number of aromatic nitrogens is 2. The van der Waals surface area contributed by atoms with E-state index >= 15 is 0 Å². The van der Waals surface area contributed by atoms with Crippen LogP contribution in [0.4, 0.5) is 0 Å². The first-order chi connectivity index (χ1) is 12.6. The highest BCUT2D eigenvalue weighted by Gasteiger charge is 2.09. The molecule has 0 aliphatic carbocycles. The molecule has 0 saturated carbocycles. The third kappa shape index (κ3) is 7.23. The van der Waals surface area contributed by atoms with E-state index in [-0.39, 0.29) is 12.0 Å². The first-order valence-electron chi connectivity index (χ1n) is 8.89. The van der Waals surface area contributed by atoms with Crippen LogP contribution in [0.2, 0.25) is 0 Å². The van der Waals surface area contributed by atoms with Crippen molar-refractivity contribution in [2.24, 2.45) is 0 Å². The van der Waals surface area contributed by atoms with E-state index in [9.17, 15) is 4.79 Å². The molecule has 1 aromatic carbocycles. The molecule has 1 amide bonds. The Morgan fingerprint density at radius 2 is 1.81 bits per heavy atom. The fourth-order valence-corrected chi connectivity index (χ4v) is 2.33. The van der Waals surface area contributed by atoms with Gasteiger partial charge in [-0.1, -0.05) is 12.1 Å². The van der Waals surface area contributed by atoms with Gasteiger partial charge in [-0.2, -0.15) is 0 Å². The molecule has 0 radical (unpaired) electrons. The Hall–Kier alpha value is -2.41. The van der Waals surface area contributed by atoms with Gasteiger partial charge in [0.15, 0.2) is 0 Å². The van der Waals surface area contributed by atoms with Crippen LogP contribution in [0.1, 0.15) is 37.6 Å². The standard InChI is InChI=1S/C19H27N3O4/c1-14(2)25-13-12-20-17(23)9-11-19-22-21-18(26-19)10-6-15-4-7-16(24-3)8-5-15/h4-5,7-8,14H,6,9-13H2,1-3H3,(H,20,23). The van der Waals surface area contributed by atoms with E-state index < -0.39 is 0 Å². The summed E-state index contributed by atoms with van der Waals surface area (Å²) in [7, 11) is 1.65. The number of carbonyl (C=O) groups is 1. The second-order valence-electron chi connectivity index (χ2n) is 6.21. The molecule has 1 heterocycles. The van der Waals surface area contributed by atoms with Gasteiger partial charge in [0.1, 0.15) is 5.75 Å². The van der Waals surface area contributed by atoms with Gasteiger partial charge in [-0.15, -0.1) is 10.2 Å². The van der Waals surface area contributed by atoms with Crippen molar-refractivity contribution < 1.29 is 18.7 Å². The van der Waals surface area contributed by atoms with E-state index in [1.54, 1.807) is 7.11 Å². The summed E-state index contributed by atoms with van der Waals surface area (Å²) in [4.78, 5) is 11.8. The number of hydrogen-bond donors (Lipinski definition) is 1. The molecule has 2 aromatic rings. The molecule has 7 nitrogen and oxygen atoms in total. The molecule has 142 valence electrons. The van der Waals surface area contributed by atoms with Crippen molar-refractivity contribution in [2.45, 2.75) is 45.6 Å². The Morgan fingerprint density at radius 3 is 2.46 bits per heavy atom. The third-order valence-corrected chi connectivity index (χ3v) is 3.74. The molecule has 2 rings (SSSR count). The predicted octanol–water partition coefficient (Wildman–Crippen LogP) is 2.34. The molecule has 0 fully saturated rings. The number of carbonyl (C=O) groups excluding carboxylic acids is 1. The maximum absolute atomic E-state index is 11.8. The third-order valence-electron chi connectivity index (χ3n) is 3.74.